The van der Waals surface area contributed by atoms with Gasteiger partial charge in [0.15, 0.2) is 0 Å². The summed E-state index contributed by atoms with van der Waals surface area (Å²) in [5.41, 5.74) is 2.18. The summed E-state index contributed by atoms with van der Waals surface area (Å²) in [5.74, 6) is 0.983. The number of benzene rings is 1. The average Bonchev–Trinajstić information content (AvgIpc) is 3.05. The summed E-state index contributed by atoms with van der Waals surface area (Å²) >= 11 is 0. The highest BCUT2D eigenvalue weighted by Gasteiger charge is 2.10. The minimum Gasteiger partial charge on any atom is -0.459 e. The molecule has 1 N–H and O–H groups in total. The molecule has 4 heteroatoms. The molecule has 3 rings (SSSR count). The van der Waals surface area contributed by atoms with Gasteiger partial charge in [-0.3, -0.25) is 4.68 Å². The number of nitrogens with zero attached hydrogens (tertiary/aromatic N) is 2. The van der Waals surface area contributed by atoms with Crippen LogP contribution >= 0.6 is 0 Å². The summed E-state index contributed by atoms with van der Waals surface area (Å²) in [6, 6.07) is 12.5. The van der Waals surface area contributed by atoms with Gasteiger partial charge in [0.2, 0.25) is 0 Å². The Kier molecular flexibility index (Phi) is 3.56. The Hall–Kier alpha value is -2.07. The molecule has 0 aliphatic carbocycles. The third-order valence-corrected chi connectivity index (χ3v) is 3.63. The summed E-state index contributed by atoms with van der Waals surface area (Å²) in [6.45, 7) is 3.03. The van der Waals surface area contributed by atoms with E-state index in [2.05, 4.69) is 29.5 Å². The molecule has 1 atom stereocenters. The predicted molar refractivity (Wildman–Crippen MR) is 79.5 cm³/mol. The van der Waals surface area contributed by atoms with E-state index < -0.39 is 0 Å². The van der Waals surface area contributed by atoms with E-state index in [1.54, 1.807) is 0 Å². The number of aromatic nitrogens is 2. The zero-order chi connectivity index (χ0) is 13.9. The quantitative estimate of drug-likeness (QED) is 0.774. The first-order valence-corrected chi connectivity index (χ1v) is 6.93. The summed E-state index contributed by atoms with van der Waals surface area (Å²) in [5, 5.41) is 8.82. The molecule has 2 heterocycles. The van der Waals surface area contributed by atoms with Gasteiger partial charge in [0, 0.05) is 37.3 Å². The van der Waals surface area contributed by atoms with Crippen LogP contribution in [0.5, 0.6) is 0 Å². The van der Waals surface area contributed by atoms with Crippen LogP contribution in [0.3, 0.4) is 0 Å². The normalized spacial score (nSPS) is 12.9. The third kappa shape index (κ3) is 2.60. The van der Waals surface area contributed by atoms with Gasteiger partial charge in [0.05, 0.1) is 6.04 Å². The van der Waals surface area contributed by atoms with Crippen LogP contribution in [0.2, 0.25) is 0 Å². The monoisotopic (exact) mass is 269 g/mol. The van der Waals surface area contributed by atoms with Crippen LogP contribution in [0.1, 0.15) is 24.4 Å². The van der Waals surface area contributed by atoms with Crippen molar-refractivity contribution in [3.63, 3.8) is 0 Å². The fraction of sp³-hybridized carbons (Fsp3) is 0.312. The largest absolute Gasteiger partial charge is 0.459 e. The summed E-state index contributed by atoms with van der Waals surface area (Å²) in [4.78, 5) is 0. The Balaban J connectivity index is 1.61. The molecule has 1 unspecified atom stereocenters. The number of fused-ring (bicyclic) bond motifs is 1. The number of para-hydroxylation sites is 1. The molecular weight excluding hydrogens is 250 g/mol. The van der Waals surface area contributed by atoms with Gasteiger partial charge in [-0.15, -0.1) is 0 Å². The van der Waals surface area contributed by atoms with Crippen molar-refractivity contribution in [3.05, 3.63) is 54.0 Å². The van der Waals surface area contributed by atoms with Gasteiger partial charge >= 0.3 is 0 Å². The molecule has 3 aromatic rings. The van der Waals surface area contributed by atoms with Crippen molar-refractivity contribution in [2.45, 2.75) is 19.4 Å². The highest BCUT2D eigenvalue weighted by atomic mass is 16.3. The Morgan fingerprint density at radius 3 is 2.90 bits per heavy atom. The Bertz CT molecular complexity index is 665. The number of furan rings is 1. The lowest BCUT2D eigenvalue weighted by Crippen LogP contribution is -2.21. The Morgan fingerprint density at radius 2 is 2.15 bits per heavy atom. The van der Waals surface area contributed by atoms with Crippen LogP contribution in [0, 0.1) is 0 Å². The van der Waals surface area contributed by atoms with Crippen LogP contribution < -0.4 is 5.32 Å². The van der Waals surface area contributed by atoms with Crippen LogP contribution in [0.25, 0.3) is 11.0 Å². The second-order valence-electron chi connectivity index (χ2n) is 5.06. The molecule has 2 aromatic heterocycles. The summed E-state index contributed by atoms with van der Waals surface area (Å²) in [6.07, 6.45) is 2.79. The van der Waals surface area contributed by atoms with E-state index in [1.807, 2.05) is 42.2 Å². The van der Waals surface area contributed by atoms with Crippen molar-refractivity contribution >= 4 is 11.0 Å². The number of rotatable bonds is 5. The highest BCUT2D eigenvalue weighted by molar-refractivity contribution is 5.77. The van der Waals surface area contributed by atoms with Gasteiger partial charge in [-0.1, -0.05) is 18.2 Å². The lowest BCUT2D eigenvalue weighted by atomic mass is 10.2. The number of hydrogen-bond donors (Lipinski definition) is 1. The third-order valence-electron chi connectivity index (χ3n) is 3.63. The summed E-state index contributed by atoms with van der Waals surface area (Å²) < 4.78 is 7.77. The second kappa shape index (κ2) is 5.51. The maximum absolute atomic E-state index is 5.86. The molecule has 0 aliphatic heterocycles. The zero-order valence-electron chi connectivity index (χ0n) is 11.8. The SMILES string of the molecule is CC(NCCc1ccnn1C)c1cc2ccccc2o1. The maximum Gasteiger partial charge on any atom is 0.134 e. The molecule has 104 valence electrons. The molecule has 0 saturated carbocycles. The molecule has 0 radical (unpaired) electrons. The van der Waals surface area contributed by atoms with Crippen molar-refractivity contribution in [3.8, 4) is 0 Å². The van der Waals surface area contributed by atoms with Crippen molar-refractivity contribution in [1.29, 1.82) is 0 Å². The molecule has 0 amide bonds. The van der Waals surface area contributed by atoms with E-state index in [0.29, 0.717) is 0 Å². The second-order valence-corrected chi connectivity index (χ2v) is 5.06. The van der Waals surface area contributed by atoms with E-state index in [9.17, 15) is 0 Å². The van der Waals surface area contributed by atoms with Crippen molar-refractivity contribution in [1.82, 2.24) is 15.1 Å². The van der Waals surface area contributed by atoms with E-state index in [0.717, 1.165) is 29.7 Å². The number of nitrogens with one attached hydrogen (secondary N) is 1. The van der Waals surface area contributed by atoms with Crippen molar-refractivity contribution in [2.75, 3.05) is 6.54 Å². The van der Waals surface area contributed by atoms with Crippen molar-refractivity contribution in [2.24, 2.45) is 7.05 Å². The Morgan fingerprint density at radius 1 is 1.30 bits per heavy atom. The van der Waals surface area contributed by atoms with Gasteiger partial charge in [-0.2, -0.15) is 5.10 Å². The fourth-order valence-corrected chi connectivity index (χ4v) is 2.38. The molecule has 0 saturated heterocycles. The predicted octanol–water partition coefficient (Wildman–Crippen LogP) is 3.06. The maximum atomic E-state index is 5.86. The molecule has 0 fully saturated rings. The minimum absolute atomic E-state index is 0.204. The van der Waals surface area contributed by atoms with Gasteiger partial charge in [0.1, 0.15) is 11.3 Å². The first-order valence-electron chi connectivity index (χ1n) is 6.93. The molecule has 0 bridgehead atoms. The van der Waals surface area contributed by atoms with Gasteiger partial charge in [-0.05, 0) is 25.1 Å². The molecule has 1 aromatic carbocycles. The lowest BCUT2D eigenvalue weighted by molar-refractivity contribution is 0.451. The first kappa shape index (κ1) is 12.9. The van der Waals surface area contributed by atoms with E-state index in [4.69, 9.17) is 4.42 Å². The van der Waals surface area contributed by atoms with Crippen LogP contribution in [-0.2, 0) is 13.5 Å². The van der Waals surface area contributed by atoms with E-state index in [1.165, 1.54) is 5.69 Å². The standard InChI is InChI=1S/C16H19N3O/c1-12(17-9-7-14-8-10-18-19(14)2)16-11-13-5-3-4-6-15(13)20-16/h3-6,8,10-12,17H,7,9H2,1-2H3. The first-order chi connectivity index (χ1) is 9.74. The van der Waals surface area contributed by atoms with Crippen LogP contribution in [0.4, 0.5) is 0 Å². The summed E-state index contributed by atoms with van der Waals surface area (Å²) in [7, 11) is 1.97. The van der Waals surface area contributed by atoms with Crippen LogP contribution in [-0.4, -0.2) is 16.3 Å². The lowest BCUT2D eigenvalue weighted by Gasteiger charge is -2.11. The fourth-order valence-electron chi connectivity index (χ4n) is 2.38. The van der Waals surface area contributed by atoms with Crippen LogP contribution in [0.15, 0.2) is 47.0 Å². The Labute approximate surface area is 118 Å². The molecule has 0 aliphatic rings. The average molecular weight is 269 g/mol. The smallest absolute Gasteiger partial charge is 0.134 e. The number of aryl methyl sites for hydroxylation is 1. The topological polar surface area (TPSA) is 43.0 Å². The van der Waals surface area contributed by atoms with E-state index in [-0.39, 0.29) is 6.04 Å². The zero-order valence-corrected chi connectivity index (χ0v) is 11.8. The molecular formula is C16H19N3O. The van der Waals surface area contributed by atoms with Gasteiger partial charge in [0.25, 0.3) is 0 Å². The van der Waals surface area contributed by atoms with Gasteiger partial charge < -0.3 is 9.73 Å². The molecule has 4 nitrogen and oxygen atoms in total. The number of hydrogen-bond acceptors (Lipinski definition) is 3. The molecule has 20 heavy (non-hydrogen) atoms. The van der Waals surface area contributed by atoms with Crippen molar-refractivity contribution < 1.29 is 4.42 Å². The molecule has 0 spiro atoms. The highest BCUT2D eigenvalue weighted by Crippen LogP contribution is 2.23. The van der Waals surface area contributed by atoms with E-state index >= 15 is 0 Å². The minimum atomic E-state index is 0.204. The van der Waals surface area contributed by atoms with Gasteiger partial charge in [-0.25, -0.2) is 0 Å².